The third-order valence-corrected chi connectivity index (χ3v) is 10.5. The number of thioether (sulfide) groups is 1. The van der Waals surface area contributed by atoms with Crippen LogP contribution < -0.4 is 0 Å². The Bertz CT molecular complexity index is 764. The molecule has 0 aromatic carbocycles. The van der Waals surface area contributed by atoms with E-state index in [4.69, 9.17) is 0 Å². The molecule has 3 saturated heterocycles. The lowest BCUT2D eigenvalue weighted by Crippen LogP contribution is -2.59. The summed E-state index contributed by atoms with van der Waals surface area (Å²) in [5, 5.41) is 20.0. The Morgan fingerprint density at radius 3 is 2.55 bits per heavy atom. The molecule has 0 saturated carbocycles. The van der Waals surface area contributed by atoms with Crippen LogP contribution in [0.25, 0.3) is 0 Å². The number of alkyl halides is 1. The number of fused-ring (bicyclic) bond motifs is 1. The molecule has 174 valence electrons. The second-order valence-corrected chi connectivity index (χ2v) is 12.0. The smallest absolute Gasteiger partial charge is 0.308 e. The van der Waals surface area contributed by atoms with E-state index in [0.717, 1.165) is 6.42 Å². The lowest BCUT2D eigenvalue weighted by Gasteiger charge is -2.42. The van der Waals surface area contributed by atoms with Crippen LogP contribution in [-0.4, -0.2) is 83.9 Å². The number of carboxylic acid groups (broad SMARTS) is 1. The molecule has 7 nitrogen and oxygen atoms in total. The number of hydrogen-bond donors (Lipinski definition) is 2. The number of aliphatic carboxylic acids is 1. The zero-order valence-corrected chi connectivity index (χ0v) is 20.9. The molecule has 2 amide bonds. The maximum absolute atomic E-state index is 14.0. The molecule has 3 aliphatic rings. The molecular formula is C22H33BrN2O5S. The highest BCUT2D eigenvalue weighted by Crippen LogP contribution is 2.68. The van der Waals surface area contributed by atoms with Gasteiger partial charge < -0.3 is 20.0 Å². The Labute approximate surface area is 196 Å². The molecule has 3 fully saturated rings. The molecule has 0 radical (unpaired) electrons. The Kier molecular flexibility index (Phi) is 7.18. The molecule has 2 bridgehead atoms. The van der Waals surface area contributed by atoms with Gasteiger partial charge in [-0.15, -0.1) is 18.3 Å². The van der Waals surface area contributed by atoms with Crippen molar-refractivity contribution in [3.63, 3.8) is 0 Å². The summed E-state index contributed by atoms with van der Waals surface area (Å²) in [4.78, 5) is 43.2. The summed E-state index contributed by atoms with van der Waals surface area (Å²) in [5.74, 6) is -3.13. The van der Waals surface area contributed by atoms with Crippen LogP contribution in [0.15, 0.2) is 12.7 Å². The number of carbonyl (C=O) groups excluding carboxylic acids is 2. The third-order valence-electron chi connectivity index (χ3n) is 7.32. The molecule has 3 rings (SSSR count). The predicted octanol–water partition coefficient (Wildman–Crippen LogP) is 2.37. The number of rotatable bonds is 9. The number of nitrogens with zero attached hydrogens (tertiary/aromatic N) is 2. The van der Waals surface area contributed by atoms with Crippen molar-refractivity contribution in [2.75, 3.05) is 13.2 Å². The van der Waals surface area contributed by atoms with Gasteiger partial charge in [0.2, 0.25) is 11.8 Å². The Morgan fingerprint density at radius 1 is 1.42 bits per heavy atom. The minimum atomic E-state index is -0.995. The molecule has 0 aliphatic carbocycles. The van der Waals surface area contributed by atoms with Crippen LogP contribution in [0.1, 0.15) is 40.5 Å². The summed E-state index contributed by atoms with van der Waals surface area (Å²) >= 11 is 5.13. The average molecular weight is 517 g/mol. The highest BCUT2D eigenvalue weighted by Gasteiger charge is 2.76. The van der Waals surface area contributed by atoms with Gasteiger partial charge in [0.1, 0.15) is 6.04 Å². The van der Waals surface area contributed by atoms with Gasteiger partial charge in [-0.1, -0.05) is 42.3 Å². The van der Waals surface area contributed by atoms with Gasteiger partial charge in [0.25, 0.3) is 0 Å². The number of likely N-dealkylation sites (tertiary alicyclic amines) is 1. The largest absolute Gasteiger partial charge is 0.481 e. The van der Waals surface area contributed by atoms with Crippen molar-refractivity contribution < 1.29 is 24.6 Å². The highest BCUT2D eigenvalue weighted by atomic mass is 79.9. The van der Waals surface area contributed by atoms with Gasteiger partial charge in [-0.05, 0) is 26.2 Å². The first-order valence-electron chi connectivity index (χ1n) is 11.0. The van der Waals surface area contributed by atoms with Crippen LogP contribution in [-0.2, 0) is 14.4 Å². The molecule has 0 aromatic heterocycles. The monoisotopic (exact) mass is 516 g/mol. The highest BCUT2D eigenvalue weighted by molar-refractivity contribution is 9.09. The predicted molar refractivity (Wildman–Crippen MR) is 124 cm³/mol. The molecule has 0 aromatic rings. The topological polar surface area (TPSA) is 98.2 Å². The van der Waals surface area contributed by atoms with E-state index in [1.807, 2.05) is 27.7 Å². The van der Waals surface area contributed by atoms with Crippen molar-refractivity contribution in [2.45, 2.75) is 73.5 Å². The van der Waals surface area contributed by atoms with E-state index < -0.39 is 34.6 Å². The summed E-state index contributed by atoms with van der Waals surface area (Å²) in [6.45, 7) is 11.6. The average Bonchev–Trinajstić information content (AvgIpc) is 3.30. The number of carboxylic acids is 1. The fourth-order valence-corrected chi connectivity index (χ4v) is 9.24. The van der Waals surface area contributed by atoms with E-state index in [-0.39, 0.29) is 40.5 Å². The quantitative estimate of drug-likeness (QED) is 0.360. The summed E-state index contributed by atoms with van der Waals surface area (Å²) in [6.07, 6.45) is 2.94. The minimum Gasteiger partial charge on any atom is -0.481 e. The number of aliphatic hydroxyl groups excluding tert-OH is 1. The molecule has 31 heavy (non-hydrogen) atoms. The standard InChI is InChI=1S/C22H33BrN2O5S/c1-6-8-24(11(3)4)20(28)18-22-9-13(23)17(31-22)15(21(29)30)16(22)19(27)25(18)14(10-26)12(5)7-2/h6,11-18,26H,1,7-10H2,2-5H3,(H,29,30)/t12-,13?,14-,15+,16-,17+,18?,22?/m0/s1. The van der Waals surface area contributed by atoms with Gasteiger partial charge in [-0.2, -0.15) is 0 Å². The summed E-state index contributed by atoms with van der Waals surface area (Å²) in [5.41, 5.74) is 0. The van der Waals surface area contributed by atoms with Crippen molar-refractivity contribution in [3.05, 3.63) is 12.7 Å². The Morgan fingerprint density at radius 2 is 2.06 bits per heavy atom. The fourth-order valence-electron chi connectivity index (χ4n) is 5.65. The number of hydrogen-bond acceptors (Lipinski definition) is 5. The second-order valence-electron chi connectivity index (χ2n) is 9.26. The number of carbonyl (C=O) groups is 3. The van der Waals surface area contributed by atoms with Gasteiger partial charge in [-0.3, -0.25) is 14.4 Å². The number of aliphatic hydroxyl groups is 1. The van der Waals surface area contributed by atoms with Gasteiger partial charge in [-0.25, -0.2) is 0 Å². The SMILES string of the molecule is C=CCN(C(=O)C1N([C@@H](CO)[C@@H](C)CC)C(=O)[C@@H]2[C@@H](C(=O)O)[C@@H]3SC12CC3Br)C(C)C. The number of halogens is 1. The summed E-state index contributed by atoms with van der Waals surface area (Å²) in [6, 6.07) is -1.45. The van der Waals surface area contributed by atoms with E-state index in [1.165, 1.54) is 11.8 Å². The molecule has 3 heterocycles. The molecule has 1 spiro atoms. The van der Waals surface area contributed by atoms with Crippen molar-refractivity contribution in [3.8, 4) is 0 Å². The van der Waals surface area contributed by atoms with Gasteiger partial charge in [0.15, 0.2) is 0 Å². The third kappa shape index (κ3) is 3.64. The van der Waals surface area contributed by atoms with E-state index in [0.29, 0.717) is 13.0 Å². The van der Waals surface area contributed by atoms with Crippen LogP contribution >= 0.6 is 27.7 Å². The lowest BCUT2D eigenvalue weighted by molar-refractivity contribution is -0.150. The summed E-state index contributed by atoms with van der Waals surface area (Å²) < 4.78 is -0.814. The van der Waals surface area contributed by atoms with Crippen LogP contribution in [0, 0.1) is 17.8 Å². The van der Waals surface area contributed by atoms with Crippen molar-refractivity contribution in [1.29, 1.82) is 0 Å². The first-order chi connectivity index (χ1) is 14.6. The fraction of sp³-hybridized carbons (Fsp3) is 0.773. The molecule has 3 aliphatic heterocycles. The normalized spacial score (nSPS) is 35.9. The van der Waals surface area contributed by atoms with E-state index in [9.17, 15) is 24.6 Å². The lowest BCUT2D eigenvalue weighted by atomic mass is 9.71. The summed E-state index contributed by atoms with van der Waals surface area (Å²) in [7, 11) is 0. The van der Waals surface area contributed by atoms with Crippen molar-refractivity contribution in [2.24, 2.45) is 17.8 Å². The Hall–Kier alpha value is -1.06. The van der Waals surface area contributed by atoms with Crippen molar-refractivity contribution >= 4 is 45.5 Å². The molecule has 2 N–H and O–H groups in total. The van der Waals surface area contributed by atoms with Crippen LogP contribution in [0.2, 0.25) is 0 Å². The van der Waals surface area contributed by atoms with Gasteiger partial charge in [0, 0.05) is 22.7 Å². The maximum atomic E-state index is 14.0. The molecule has 3 unspecified atom stereocenters. The maximum Gasteiger partial charge on any atom is 0.308 e. The molecular weight excluding hydrogens is 484 g/mol. The zero-order valence-electron chi connectivity index (χ0n) is 18.5. The number of amides is 2. The van der Waals surface area contributed by atoms with Gasteiger partial charge in [0.05, 0.1) is 29.2 Å². The van der Waals surface area contributed by atoms with E-state index >= 15 is 0 Å². The van der Waals surface area contributed by atoms with Gasteiger partial charge >= 0.3 is 5.97 Å². The van der Waals surface area contributed by atoms with E-state index in [1.54, 1.807) is 15.9 Å². The minimum absolute atomic E-state index is 0.0309. The van der Waals surface area contributed by atoms with Crippen LogP contribution in [0.4, 0.5) is 0 Å². The van der Waals surface area contributed by atoms with Crippen molar-refractivity contribution in [1.82, 2.24) is 9.80 Å². The first kappa shape index (κ1) is 24.6. The Balaban J connectivity index is 2.16. The molecule has 8 atom stereocenters. The molecule has 9 heteroatoms. The van der Waals surface area contributed by atoms with Crippen LogP contribution in [0.3, 0.4) is 0 Å². The van der Waals surface area contributed by atoms with E-state index in [2.05, 4.69) is 22.5 Å². The zero-order chi connectivity index (χ0) is 23.2. The first-order valence-corrected chi connectivity index (χ1v) is 12.8. The second kappa shape index (κ2) is 9.06. The van der Waals surface area contributed by atoms with Crippen LogP contribution in [0.5, 0.6) is 0 Å².